The first-order valence-electron chi connectivity index (χ1n) is 8.65. The average molecular weight is 375 g/mol. The zero-order valence-electron chi connectivity index (χ0n) is 14.7. The van der Waals surface area contributed by atoms with E-state index in [1.54, 1.807) is 28.4 Å². The molecule has 1 aromatic heterocycles. The highest BCUT2D eigenvalue weighted by molar-refractivity contribution is 7.09. The lowest BCUT2D eigenvalue weighted by molar-refractivity contribution is 0.101. The number of urea groups is 1. The number of hydrogen-bond acceptors (Lipinski definition) is 4. The SMILES string of the molecule is CC(=O)c1ccc(N2CCN(C(=O)NCCc3cccs3)CC2)c(F)c1. The Morgan fingerprint density at radius 3 is 2.58 bits per heavy atom. The second-order valence-electron chi connectivity index (χ2n) is 6.26. The monoisotopic (exact) mass is 375 g/mol. The van der Waals surface area contributed by atoms with Gasteiger partial charge in [0.15, 0.2) is 5.78 Å². The number of benzene rings is 1. The molecule has 1 saturated heterocycles. The third kappa shape index (κ3) is 4.40. The van der Waals surface area contributed by atoms with Crippen molar-refractivity contribution < 1.29 is 14.0 Å². The molecule has 1 aromatic carbocycles. The summed E-state index contributed by atoms with van der Waals surface area (Å²) >= 11 is 1.68. The largest absolute Gasteiger partial charge is 0.366 e. The van der Waals surface area contributed by atoms with Gasteiger partial charge < -0.3 is 15.1 Å². The number of anilines is 1. The molecule has 0 saturated carbocycles. The van der Waals surface area contributed by atoms with Crippen molar-refractivity contribution in [2.24, 2.45) is 0 Å². The number of hydrogen-bond donors (Lipinski definition) is 1. The van der Waals surface area contributed by atoms with Crippen molar-refractivity contribution in [2.45, 2.75) is 13.3 Å². The second kappa shape index (κ2) is 8.31. The molecule has 0 atom stereocenters. The Labute approximate surface area is 156 Å². The van der Waals surface area contributed by atoms with Crippen molar-refractivity contribution >= 4 is 28.8 Å². The van der Waals surface area contributed by atoms with Crippen LogP contribution >= 0.6 is 11.3 Å². The Balaban J connectivity index is 1.49. The van der Waals surface area contributed by atoms with Crippen LogP contribution in [-0.2, 0) is 6.42 Å². The Morgan fingerprint density at radius 1 is 1.19 bits per heavy atom. The number of nitrogens with zero attached hydrogens (tertiary/aromatic N) is 2. The van der Waals surface area contributed by atoms with Gasteiger partial charge in [-0.3, -0.25) is 4.79 Å². The highest BCUT2D eigenvalue weighted by atomic mass is 32.1. The van der Waals surface area contributed by atoms with E-state index in [4.69, 9.17) is 0 Å². The molecule has 7 heteroatoms. The van der Waals surface area contributed by atoms with Crippen molar-refractivity contribution in [2.75, 3.05) is 37.6 Å². The first-order chi connectivity index (χ1) is 12.5. The molecular weight excluding hydrogens is 353 g/mol. The number of carbonyl (C=O) groups excluding carboxylic acids is 2. The van der Waals surface area contributed by atoms with Crippen LogP contribution in [0.25, 0.3) is 0 Å². The lowest BCUT2D eigenvalue weighted by atomic mass is 10.1. The Kier molecular flexibility index (Phi) is 5.88. The average Bonchev–Trinajstić information content (AvgIpc) is 3.15. The molecule has 0 aliphatic carbocycles. The fourth-order valence-electron chi connectivity index (χ4n) is 2.99. The van der Waals surface area contributed by atoms with Gasteiger partial charge in [-0.25, -0.2) is 9.18 Å². The van der Waals surface area contributed by atoms with Crippen LogP contribution < -0.4 is 10.2 Å². The van der Waals surface area contributed by atoms with Gasteiger partial charge in [0, 0.05) is 43.2 Å². The highest BCUT2D eigenvalue weighted by Crippen LogP contribution is 2.22. The van der Waals surface area contributed by atoms with Crippen LogP contribution in [0, 0.1) is 5.82 Å². The maximum Gasteiger partial charge on any atom is 0.317 e. The molecule has 26 heavy (non-hydrogen) atoms. The van der Waals surface area contributed by atoms with Crippen LogP contribution in [0.5, 0.6) is 0 Å². The van der Waals surface area contributed by atoms with E-state index in [0.717, 1.165) is 6.42 Å². The molecule has 2 amide bonds. The first-order valence-corrected chi connectivity index (χ1v) is 9.53. The fraction of sp³-hybridized carbons (Fsp3) is 0.368. The molecule has 138 valence electrons. The predicted octanol–water partition coefficient (Wildman–Crippen LogP) is 3.16. The van der Waals surface area contributed by atoms with Crippen molar-refractivity contribution in [1.82, 2.24) is 10.2 Å². The minimum Gasteiger partial charge on any atom is -0.366 e. The van der Waals surface area contributed by atoms with Gasteiger partial charge in [-0.1, -0.05) is 6.07 Å². The quantitative estimate of drug-likeness (QED) is 0.817. The van der Waals surface area contributed by atoms with Gasteiger partial charge in [0.05, 0.1) is 5.69 Å². The molecule has 2 heterocycles. The van der Waals surface area contributed by atoms with Gasteiger partial charge in [-0.2, -0.15) is 0 Å². The third-order valence-corrected chi connectivity index (χ3v) is 5.43. The number of ketones is 1. The smallest absolute Gasteiger partial charge is 0.317 e. The standard InChI is InChI=1S/C19H22FN3O2S/c1-14(24)15-4-5-18(17(20)13-15)22-8-10-23(11-9-22)19(25)21-7-6-16-3-2-12-26-16/h2-5,12-13H,6-11H2,1H3,(H,21,25). The minimum absolute atomic E-state index is 0.0754. The maximum absolute atomic E-state index is 14.3. The Bertz CT molecular complexity index is 771. The van der Waals surface area contributed by atoms with Gasteiger partial charge in [0.25, 0.3) is 0 Å². The molecule has 1 aliphatic heterocycles. The molecule has 0 spiro atoms. The van der Waals surface area contributed by atoms with Gasteiger partial charge in [0.1, 0.15) is 5.82 Å². The molecule has 0 unspecified atom stereocenters. The topological polar surface area (TPSA) is 52.7 Å². The molecule has 1 N–H and O–H groups in total. The van der Waals surface area contributed by atoms with E-state index in [-0.39, 0.29) is 11.8 Å². The summed E-state index contributed by atoms with van der Waals surface area (Å²) in [6.07, 6.45) is 0.830. The maximum atomic E-state index is 14.3. The summed E-state index contributed by atoms with van der Waals surface area (Å²) < 4.78 is 14.3. The number of rotatable bonds is 5. The summed E-state index contributed by atoms with van der Waals surface area (Å²) in [5.74, 6) is -0.550. The van der Waals surface area contributed by atoms with Crippen LogP contribution in [0.3, 0.4) is 0 Å². The van der Waals surface area contributed by atoms with Crippen molar-refractivity contribution in [3.05, 3.63) is 52.0 Å². The summed E-state index contributed by atoms with van der Waals surface area (Å²) in [6, 6.07) is 8.55. The Morgan fingerprint density at radius 2 is 1.96 bits per heavy atom. The van der Waals surface area contributed by atoms with E-state index < -0.39 is 5.82 Å². The van der Waals surface area contributed by atoms with Crippen molar-refractivity contribution in [3.8, 4) is 0 Å². The van der Waals surface area contributed by atoms with E-state index in [0.29, 0.717) is 44.0 Å². The summed E-state index contributed by atoms with van der Waals surface area (Å²) in [7, 11) is 0. The minimum atomic E-state index is -0.397. The van der Waals surface area contributed by atoms with Gasteiger partial charge in [-0.15, -0.1) is 11.3 Å². The van der Waals surface area contributed by atoms with E-state index in [2.05, 4.69) is 11.4 Å². The number of piperazine rings is 1. The number of nitrogens with one attached hydrogen (secondary N) is 1. The summed E-state index contributed by atoms with van der Waals surface area (Å²) in [4.78, 5) is 28.5. The zero-order chi connectivity index (χ0) is 18.5. The number of Topliss-reactive ketones (excluding diaryl/α,β-unsaturated/α-hetero) is 1. The van der Waals surface area contributed by atoms with E-state index in [1.165, 1.54) is 17.9 Å². The fourth-order valence-corrected chi connectivity index (χ4v) is 3.70. The molecule has 0 radical (unpaired) electrons. The number of carbonyl (C=O) groups is 2. The number of amides is 2. The lowest BCUT2D eigenvalue weighted by Gasteiger charge is -2.36. The molecule has 5 nitrogen and oxygen atoms in total. The molecular formula is C19H22FN3O2S. The second-order valence-corrected chi connectivity index (χ2v) is 7.29. The predicted molar refractivity (Wildman–Crippen MR) is 102 cm³/mol. The lowest BCUT2D eigenvalue weighted by Crippen LogP contribution is -2.52. The van der Waals surface area contributed by atoms with Crippen LogP contribution in [0.1, 0.15) is 22.2 Å². The van der Waals surface area contributed by atoms with E-state index >= 15 is 0 Å². The first kappa shape index (κ1) is 18.4. The van der Waals surface area contributed by atoms with Crippen molar-refractivity contribution in [3.63, 3.8) is 0 Å². The van der Waals surface area contributed by atoms with Crippen LogP contribution in [0.4, 0.5) is 14.9 Å². The van der Waals surface area contributed by atoms with Crippen LogP contribution in [0.2, 0.25) is 0 Å². The normalized spacial score (nSPS) is 14.4. The molecule has 2 aromatic rings. The van der Waals surface area contributed by atoms with Gasteiger partial charge in [-0.05, 0) is 43.0 Å². The number of thiophene rings is 1. The van der Waals surface area contributed by atoms with Crippen molar-refractivity contribution in [1.29, 1.82) is 0 Å². The van der Waals surface area contributed by atoms with E-state index in [1.807, 2.05) is 16.3 Å². The molecule has 1 fully saturated rings. The molecule has 0 bridgehead atoms. The third-order valence-electron chi connectivity index (χ3n) is 4.49. The number of halogens is 1. The highest BCUT2D eigenvalue weighted by Gasteiger charge is 2.23. The van der Waals surface area contributed by atoms with Crippen LogP contribution in [-0.4, -0.2) is 49.4 Å². The van der Waals surface area contributed by atoms with Gasteiger partial charge in [0.2, 0.25) is 0 Å². The van der Waals surface area contributed by atoms with Gasteiger partial charge >= 0.3 is 6.03 Å². The summed E-state index contributed by atoms with van der Waals surface area (Å²) in [5.41, 5.74) is 0.850. The Hall–Kier alpha value is -2.41. The van der Waals surface area contributed by atoms with E-state index in [9.17, 15) is 14.0 Å². The zero-order valence-corrected chi connectivity index (χ0v) is 15.5. The molecule has 3 rings (SSSR count). The summed E-state index contributed by atoms with van der Waals surface area (Å²) in [6.45, 7) is 4.24. The van der Waals surface area contributed by atoms with Crippen LogP contribution in [0.15, 0.2) is 35.7 Å². The summed E-state index contributed by atoms with van der Waals surface area (Å²) in [5, 5.41) is 4.97. The molecule has 1 aliphatic rings.